The van der Waals surface area contributed by atoms with Gasteiger partial charge in [0.05, 0.1) is 12.5 Å². The zero-order valence-electron chi connectivity index (χ0n) is 11.1. The van der Waals surface area contributed by atoms with Crippen molar-refractivity contribution in [2.45, 2.75) is 13.2 Å². The van der Waals surface area contributed by atoms with Crippen molar-refractivity contribution in [2.75, 3.05) is 12.5 Å². The molecule has 1 aromatic carbocycles. The van der Waals surface area contributed by atoms with Crippen LogP contribution < -0.4 is 0 Å². The van der Waals surface area contributed by atoms with E-state index in [1.807, 2.05) is 19.1 Å². The second-order valence-corrected chi connectivity index (χ2v) is 6.68. The first-order valence-corrected chi connectivity index (χ1v) is 8.67. The van der Waals surface area contributed by atoms with Crippen LogP contribution in [0.4, 0.5) is 0 Å². The summed E-state index contributed by atoms with van der Waals surface area (Å²) in [6, 6.07) is 7.07. The lowest BCUT2D eigenvalue weighted by molar-refractivity contribution is -0.0424. The fourth-order valence-corrected chi connectivity index (χ4v) is 0.739. The molecule has 4 N–H and O–H groups in total. The third-order valence-electron chi connectivity index (χ3n) is 1.38. The van der Waals surface area contributed by atoms with Gasteiger partial charge in [0.15, 0.2) is 6.29 Å². The van der Waals surface area contributed by atoms with Crippen molar-refractivity contribution in [3.63, 3.8) is 0 Å². The molecule has 0 bridgehead atoms. The summed E-state index contributed by atoms with van der Waals surface area (Å²) in [5, 5.41) is 17.3. The van der Waals surface area contributed by atoms with E-state index in [2.05, 4.69) is 0 Å². The van der Waals surface area contributed by atoms with Gasteiger partial charge in [-0.1, -0.05) is 29.8 Å². The van der Waals surface area contributed by atoms with Gasteiger partial charge in [0.25, 0.3) is 20.2 Å². The Morgan fingerprint density at radius 3 is 1.30 bits per heavy atom. The summed E-state index contributed by atoms with van der Waals surface area (Å²) in [4.78, 5) is 0. The Labute approximate surface area is 118 Å². The summed E-state index contributed by atoms with van der Waals surface area (Å²) in [7, 11) is -7.33. The van der Waals surface area contributed by atoms with Crippen LogP contribution in [0.3, 0.4) is 0 Å². The molecule has 8 nitrogen and oxygen atoms in total. The van der Waals surface area contributed by atoms with Crippen LogP contribution in [0.2, 0.25) is 0 Å². The van der Waals surface area contributed by atoms with Crippen molar-refractivity contribution in [1.82, 2.24) is 0 Å². The van der Waals surface area contributed by atoms with Gasteiger partial charge >= 0.3 is 0 Å². The minimum absolute atomic E-state index is 0.533. The molecule has 20 heavy (non-hydrogen) atoms. The number of hydrogen-bond acceptors (Lipinski definition) is 6. The molecule has 0 aliphatic rings. The van der Waals surface area contributed by atoms with E-state index in [4.69, 9.17) is 19.3 Å². The van der Waals surface area contributed by atoms with Gasteiger partial charge in [0.2, 0.25) is 0 Å². The van der Waals surface area contributed by atoms with Crippen molar-refractivity contribution in [3.8, 4) is 0 Å². The zero-order chi connectivity index (χ0) is 16.6. The lowest BCUT2D eigenvalue weighted by Crippen LogP contribution is -1.93. The molecule has 0 saturated heterocycles. The Morgan fingerprint density at radius 2 is 1.10 bits per heavy atom. The highest BCUT2D eigenvalue weighted by Gasteiger charge is 1.98. The summed E-state index contributed by atoms with van der Waals surface area (Å²) in [6.45, 7) is 1.95. The number of aliphatic hydroxyl groups excluding tert-OH is 1. The van der Waals surface area contributed by atoms with Gasteiger partial charge in [-0.2, -0.15) is 16.8 Å². The average molecular weight is 330 g/mol. The molecule has 0 aliphatic heterocycles. The van der Waals surface area contributed by atoms with Gasteiger partial charge in [0.1, 0.15) is 0 Å². The molecule has 0 radical (unpaired) electrons. The number of aliphatic hydroxyl groups is 2. The molecule has 10 heteroatoms. The summed E-state index contributed by atoms with van der Waals surface area (Å²) in [5.74, 6) is 0. The third kappa shape index (κ3) is 25.7. The highest BCUT2D eigenvalue weighted by atomic mass is 32.2. The minimum atomic E-state index is -3.67. The molecule has 0 fully saturated rings. The Hall–Kier alpha value is -1.04. The van der Waals surface area contributed by atoms with E-state index in [0.717, 1.165) is 5.56 Å². The highest BCUT2D eigenvalue weighted by Crippen LogP contribution is 2.09. The Balaban J connectivity index is 0. The Bertz CT molecular complexity index is 526. The molecule has 118 valence electrons. The molecule has 0 unspecified atom stereocenters. The summed E-state index contributed by atoms with van der Waals surface area (Å²) in [6.07, 6.45) is 0.0839. The minimum Gasteiger partial charge on any atom is -0.364 e. The van der Waals surface area contributed by atoms with E-state index in [-0.39, 0.29) is 0 Å². The van der Waals surface area contributed by atoms with E-state index < -0.39 is 26.5 Å². The van der Waals surface area contributed by atoms with E-state index in [1.54, 1.807) is 12.1 Å². The van der Waals surface area contributed by atoms with E-state index in [9.17, 15) is 16.8 Å². The number of aryl methyl sites for hydroxylation is 1. The second kappa shape index (κ2) is 9.00. The van der Waals surface area contributed by atoms with Crippen molar-refractivity contribution in [3.05, 3.63) is 35.4 Å². The summed E-state index contributed by atoms with van der Waals surface area (Å²) >= 11 is 0. The quantitative estimate of drug-likeness (QED) is 0.415. The molecule has 0 atom stereocenters. The number of benzene rings is 1. The summed E-state index contributed by atoms with van der Waals surface area (Å²) in [5.41, 5.74) is 1.65. The monoisotopic (exact) mass is 330 g/mol. The maximum absolute atomic E-state index is 9.19. The Morgan fingerprint density at radius 1 is 0.850 bits per heavy atom. The molecular formula is C10H18O8S2. The van der Waals surface area contributed by atoms with Crippen molar-refractivity contribution in [2.24, 2.45) is 0 Å². The predicted octanol–water partition coefficient (Wildman–Crippen LogP) is -0.0138. The molecule has 1 aromatic rings. The first-order chi connectivity index (χ1) is 8.70. The van der Waals surface area contributed by atoms with Crippen LogP contribution in [0.1, 0.15) is 17.4 Å². The van der Waals surface area contributed by atoms with Gasteiger partial charge in [-0.3, -0.25) is 9.11 Å². The van der Waals surface area contributed by atoms with E-state index >= 15 is 0 Å². The molecule has 0 heterocycles. The smallest absolute Gasteiger partial charge is 0.261 e. The van der Waals surface area contributed by atoms with Crippen LogP contribution in [0.5, 0.6) is 0 Å². The maximum atomic E-state index is 9.19. The van der Waals surface area contributed by atoms with Crippen molar-refractivity contribution >= 4 is 20.2 Å². The largest absolute Gasteiger partial charge is 0.364 e. The summed E-state index contributed by atoms with van der Waals surface area (Å²) < 4.78 is 51.7. The molecule has 0 spiro atoms. The normalized spacial score (nSPS) is 11.0. The first-order valence-electron chi connectivity index (χ1n) is 4.97. The molecular weight excluding hydrogens is 312 g/mol. The maximum Gasteiger partial charge on any atom is 0.261 e. The second-order valence-electron chi connectivity index (χ2n) is 3.75. The molecule has 0 saturated carbocycles. The van der Waals surface area contributed by atoms with Gasteiger partial charge in [-0.15, -0.1) is 0 Å². The van der Waals surface area contributed by atoms with Crippen LogP contribution >= 0.6 is 0 Å². The number of hydrogen-bond donors (Lipinski definition) is 4. The van der Waals surface area contributed by atoms with Crippen LogP contribution in [0.15, 0.2) is 24.3 Å². The molecule has 0 aliphatic carbocycles. The fourth-order valence-electron chi connectivity index (χ4n) is 0.739. The van der Waals surface area contributed by atoms with Crippen molar-refractivity contribution in [1.29, 1.82) is 0 Å². The molecule has 0 amide bonds. The van der Waals surface area contributed by atoms with E-state index in [0.29, 0.717) is 18.1 Å². The van der Waals surface area contributed by atoms with Crippen molar-refractivity contribution < 1.29 is 36.2 Å². The Kier molecular flexibility index (Phi) is 9.57. The predicted molar refractivity (Wildman–Crippen MR) is 73.3 cm³/mol. The SMILES string of the molecule is CS(=O)(=O)O.CS(=O)(=O)O.Cc1ccc(C(O)O)cc1. The topological polar surface area (TPSA) is 149 Å². The third-order valence-corrected chi connectivity index (χ3v) is 1.38. The zero-order valence-corrected chi connectivity index (χ0v) is 12.8. The van der Waals surface area contributed by atoms with Crippen LogP contribution in [-0.2, 0) is 20.2 Å². The van der Waals surface area contributed by atoms with Gasteiger partial charge in [0, 0.05) is 5.56 Å². The van der Waals surface area contributed by atoms with Gasteiger partial charge in [-0.25, -0.2) is 0 Å². The first kappa shape index (κ1) is 21.3. The van der Waals surface area contributed by atoms with E-state index in [1.165, 1.54) is 0 Å². The van der Waals surface area contributed by atoms with Gasteiger partial charge in [-0.05, 0) is 6.92 Å². The standard InChI is InChI=1S/C8H10O2.2CH4O3S/c1-6-2-4-7(5-3-6)8(9)10;2*1-5(2,3)4/h2-5,8-10H,1H3;2*1H3,(H,2,3,4). The average Bonchev–Trinajstić information content (AvgIpc) is 2.12. The highest BCUT2D eigenvalue weighted by molar-refractivity contribution is 7.85. The van der Waals surface area contributed by atoms with Crippen LogP contribution in [0.25, 0.3) is 0 Å². The fraction of sp³-hybridized carbons (Fsp3) is 0.400. The van der Waals surface area contributed by atoms with Crippen LogP contribution in [0, 0.1) is 6.92 Å². The number of rotatable bonds is 1. The lowest BCUT2D eigenvalue weighted by Gasteiger charge is -2.02. The van der Waals surface area contributed by atoms with Crippen LogP contribution in [-0.4, -0.2) is 48.7 Å². The lowest BCUT2D eigenvalue weighted by atomic mass is 10.1. The van der Waals surface area contributed by atoms with Gasteiger partial charge < -0.3 is 10.2 Å². The molecule has 1 rings (SSSR count). The molecule has 0 aromatic heterocycles.